The first-order valence-corrected chi connectivity index (χ1v) is 6.76. The first-order valence-electron chi connectivity index (χ1n) is 4.88. The summed E-state index contributed by atoms with van der Waals surface area (Å²) in [6.45, 7) is 6.01. The zero-order valence-electron chi connectivity index (χ0n) is 7.82. The lowest BCUT2D eigenvalue weighted by molar-refractivity contribution is 0.306. The fraction of sp³-hybridized carbons (Fsp3) is 1.00. The summed E-state index contributed by atoms with van der Waals surface area (Å²) in [5.74, 6) is 0. The van der Waals surface area contributed by atoms with Crippen LogP contribution in [0.1, 0.15) is 33.1 Å². The molecule has 0 aromatic rings. The molecule has 2 rings (SSSR count). The zero-order chi connectivity index (χ0) is 8.55. The smallest absolute Gasteiger partial charge is 0.0578 e. The van der Waals surface area contributed by atoms with Crippen molar-refractivity contribution in [3.8, 4) is 0 Å². The molecule has 2 saturated heterocycles. The molecule has 0 aromatic heterocycles. The Hall–Kier alpha value is 0.660. The van der Waals surface area contributed by atoms with E-state index >= 15 is 0 Å². The van der Waals surface area contributed by atoms with Crippen molar-refractivity contribution in [1.29, 1.82) is 0 Å². The van der Waals surface area contributed by atoms with E-state index in [-0.39, 0.29) is 0 Å². The second-order valence-electron chi connectivity index (χ2n) is 3.54. The van der Waals surface area contributed by atoms with Crippen LogP contribution in [0.4, 0.5) is 0 Å². The Morgan fingerprint density at radius 3 is 3.00 bits per heavy atom. The Morgan fingerprint density at radius 1 is 1.42 bits per heavy atom. The minimum absolute atomic E-state index is 0.767. The fourth-order valence-corrected chi connectivity index (χ4v) is 5.55. The van der Waals surface area contributed by atoms with Crippen molar-refractivity contribution in [3.05, 3.63) is 0 Å². The Balaban J connectivity index is 2.00. The maximum atomic E-state index is 2.67. The summed E-state index contributed by atoms with van der Waals surface area (Å²) < 4.78 is 0.861. The average molecular weight is 203 g/mol. The van der Waals surface area contributed by atoms with Crippen LogP contribution < -0.4 is 0 Å². The number of nitrogens with zero attached hydrogens (tertiary/aromatic N) is 1. The van der Waals surface area contributed by atoms with E-state index in [1.807, 2.05) is 0 Å². The second-order valence-corrected chi connectivity index (χ2v) is 6.75. The Bertz CT molecular complexity index is 163. The van der Waals surface area contributed by atoms with Crippen LogP contribution in [0, 0.1) is 0 Å². The molecule has 0 saturated carbocycles. The van der Waals surface area contributed by atoms with Gasteiger partial charge in [0.15, 0.2) is 0 Å². The van der Waals surface area contributed by atoms with E-state index in [0.717, 1.165) is 15.3 Å². The van der Waals surface area contributed by atoms with Gasteiger partial charge >= 0.3 is 0 Å². The van der Waals surface area contributed by atoms with Crippen LogP contribution in [-0.4, -0.2) is 26.8 Å². The van der Waals surface area contributed by atoms with Gasteiger partial charge in [-0.15, -0.1) is 23.5 Å². The largest absolute Gasteiger partial charge is 0.280 e. The normalized spacial score (nSPS) is 43.0. The van der Waals surface area contributed by atoms with Crippen LogP contribution in [0.5, 0.6) is 0 Å². The van der Waals surface area contributed by atoms with E-state index in [9.17, 15) is 0 Å². The fourth-order valence-electron chi connectivity index (χ4n) is 2.02. The zero-order valence-corrected chi connectivity index (χ0v) is 9.46. The number of hydrogen-bond donors (Lipinski definition) is 0. The molecule has 3 heteroatoms. The lowest BCUT2D eigenvalue weighted by Crippen LogP contribution is -2.39. The highest BCUT2D eigenvalue weighted by molar-refractivity contribution is 8.18. The molecule has 0 radical (unpaired) electrons. The van der Waals surface area contributed by atoms with Crippen molar-refractivity contribution >= 4 is 23.5 Å². The Kier molecular flexibility index (Phi) is 2.93. The van der Waals surface area contributed by atoms with Gasteiger partial charge in [-0.25, -0.2) is 0 Å². The molecule has 0 aliphatic carbocycles. The monoisotopic (exact) mass is 203 g/mol. The van der Waals surface area contributed by atoms with E-state index in [1.165, 1.54) is 25.8 Å². The van der Waals surface area contributed by atoms with E-state index < -0.39 is 0 Å². The van der Waals surface area contributed by atoms with Crippen molar-refractivity contribution < 1.29 is 0 Å². The summed E-state index contributed by atoms with van der Waals surface area (Å²) in [7, 11) is 0. The summed E-state index contributed by atoms with van der Waals surface area (Å²) in [5, 5.41) is 1.62. The van der Waals surface area contributed by atoms with E-state index in [4.69, 9.17) is 0 Å². The highest BCUT2D eigenvalue weighted by Crippen LogP contribution is 2.45. The summed E-state index contributed by atoms with van der Waals surface area (Å²) in [6.07, 6.45) is 4.16. The van der Waals surface area contributed by atoms with Crippen molar-refractivity contribution in [2.45, 2.75) is 48.4 Å². The highest BCUT2D eigenvalue weighted by Gasteiger charge is 2.36. The number of hydrogen-bond acceptors (Lipinski definition) is 3. The topological polar surface area (TPSA) is 3.24 Å². The summed E-state index contributed by atoms with van der Waals surface area (Å²) in [4.78, 5) is 2.67. The Labute approximate surface area is 83.7 Å². The molecule has 0 amide bonds. The van der Waals surface area contributed by atoms with E-state index in [0.29, 0.717) is 0 Å². The van der Waals surface area contributed by atoms with Gasteiger partial charge in [0, 0.05) is 6.54 Å². The molecule has 1 nitrogen and oxygen atoms in total. The molecule has 2 aliphatic heterocycles. The van der Waals surface area contributed by atoms with Gasteiger partial charge in [0.2, 0.25) is 0 Å². The molecule has 0 aromatic carbocycles. The third kappa shape index (κ3) is 1.64. The van der Waals surface area contributed by atoms with Gasteiger partial charge in [-0.3, -0.25) is 4.90 Å². The number of rotatable bonds is 1. The van der Waals surface area contributed by atoms with Crippen LogP contribution in [0.3, 0.4) is 0 Å². The molecule has 2 heterocycles. The van der Waals surface area contributed by atoms with E-state index in [1.54, 1.807) is 0 Å². The van der Waals surface area contributed by atoms with Crippen molar-refractivity contribution in [2.24, 2.45) is 0 Å². The lowest BCUT2D eigenvalue weighted by atomic mass is 10.4. The van der Waals surface area contributed by atoms with Gasteiger partial charge in [-0.1, -0.05) is 6.92 Å². The third-order valence-corrected chi connectivity index (χ3v) is 6.12. The maximum Gasteiger partial charge on any atom is 0.0578 e. The van der Waals surface area contributed by atoms with Crippen LogP contribution in [0.15, 0.2) is 0 Å². The SMILES string of the molecule is CCC1SC(C)N2CCCC2S1. The molecule has 2 fully saturated rings. The lowest BCUT2D eigenvalue weighted by Gasteiger charge is -2.38. The predicted molar refractivity (Wildman–Crippen MR) is 58.5 cm³/mol. The van der Waals surface area contributed by atoms with Gasteiger partial charge < -0.3 is 0 Å². The molecule has 3 unspecified atom stereocenters. The van der Waals surface area contributed by atoms with Crippen LogP contribution >= 0.6 is 23.5 Å². The second kappa shape index (κ2) is 3.81. The first-order chi connectivity index (χ1) is 5.81. The first kappa shape index (κ1) is 9.22. The molecule has 0 N–H and O–H groups in total. The third-order valence-electron chi connectivity index (χ3n) is 2.70. The summed E-state index contributed by atoms with van der Waals surface area (Å²) >= 11 is 4.35. The molecular formula is C9H17NS2. The van der Waals surface area contributed by atoms with Gasteiger partial charge in [0.1, 0.15) is 0 Å². The van der Waals surface area contributed by atoms with E-state index in [2.05, 4.69) is 42.3 Å². The quantitative estimate of drug-likeness (QED) is 0.645. The van der Waals surface area contributed by atoms with Crippen molar-refractivity contribution in [1.82, 2.24) is 4.90 Å². The summed E-state index contributed by atoms with van der Waals surface area (Å²) in [5.41, 5.74) is 0. The van der Waals surface area contributed by atoms with Gasteiger partial charge in [0.25, 0.3) is 0 Å². The molecule has 0 bridgehead atoms. The van der Waals surface area contributed by atoms with Crippen molar-refractivity contribution in [2.75, 3.05) is 6.54 Å². The molecule has 0 spiro atoms. The number of thioether (sulfide) groups is 2. The minimum Gasteiger partial charge on any atom is -0.280 e. The molecular weight excluding hydrogens is 186 g/mol. The standard InChI is InChI=1S/C9H17NS2/c1-3-9-11-7(2)10-6-4-5-8(10)12-9/h7-9H,3-6H2,1-2H3. The van der Waals surface area contributed by atoms with Gasteiger partial charge in [0.05, 0.1) is 15.3 Å². The minimum atomic E-state index is 0.767. The summed E-state index contributed by atoms with van der Waals surface area (Å²) in [6, 6.07) is 0. The Morgan fingerprint density at radius 2 is 2.25 bits per heavy atom. The van der Waals surface area contributed by atoms with Crippen molar-refractivity contribution in [3.63, 3.8) is 0 Å². The maximum absolute atomic E-state index is 2.67. The molecule has 2 aliphatic rings. The van der Waals surface area contributed by atoms with Gasteiger partial charge in [-0.05, 0) is 26.2 Å². The van der Waals surface area contributed by atoms with Crippen LogP contribution in [-0.2, 0) is 0 Å². The molecule has 70 valence electrons. The molecule has 12 heavy (non-hydrogen) atoms. The van der Waals surface area contributed by atoms with Gasteiger partial charge in [-0.2, -0.15) is 0 Å². The number of fused-ring (bicyclic) bond motifs is 1. The molecule has 3 atom stereocenters. The average Bonchev–Trinajstić information content (AvgIpc) is 2.52. The van der Waals surface area contributed by atoms with Crippen LogP contribution in [0.2, 0.25) is 0 Å². The highest BCUT2D eigenvalue weighted by atomic mass is 32.2. The van der Waals surface area contributed by atoms with Crippen LogP contribution in [0.25, 0.3) is 0 Å². The predicted octanol–water partition coefficient (Wildman–Crippen LogP) is 2.97.